The van der Waals surface area contributed by atoms with Gasteiger partial charge in [0.25, 0.3) is 5.91 Å². The van der Waals surface area contributed by atoms with Crippen molar-refractivity contribution in [3.8, 4) is 5.75 Å². The van der Waals surface area contributed by atoms with Gasteiger partial charge in [-0.25, -0.2) is 0 Å². The Morgan fingerprint density at radius 2 is 1.97 bits per heavy atom. The van der Waals surface area contributed by atoms with E-state index in [1.54, 1.807) is 42.7 Å². The number of halogens is 1. The first-order valence-electron chi connectivity index (χ1n) is 9.65. The molecule has 3 aromatic rings. The molecule has 0 unspecified atom stereocenters. The molecule has 0 aliphatic carbocycles. The first kappa shape index (κ1) is 21.9. The van der Waals surface area contributed by atoms with E-state index in [0.717, 1.165) is 10.0 Å². The number of rotatable bonds is 6. The van der Waals surface area contributed by atoms with Gasteiger partial charge < -0.3 is 9.52 Å². The topological polar surface area (TPSA) is 78.4 Å². The molecule has 1 fully saturated rings. The van der Waals surface area contributed by atoms with E-state index in [2.05, 4.69) is 26.1 Å². The van der Waals surface area contributed by atoms with E-state index in [0.29, 0.717) is 21.4 Å². The van der Waals surface area contributed by atoms with Crippen LogP contribution in [0.2, 0.25) is 0 Å². The fraction of sp³-hybridized carbons (Fsp3) is 0.0417. The molecule has 0 radical (unpaired) electrons. The number of thioether (sulfide) groups is 1. The first-order chi connectivity index (χ1) is 15.6. The van der Waals surface area contributed by atoms with Crippen LogP contribution in [0.15, 0.2) is 103 Å². The summed E-state index contributed by atoms with van der Waals surface area (Å²) in [5.41, 5.74) is 1.55. The molecule has 8 heteroatoms. The highest BCUT2D eigenvalue weighted by Gasteiger charge is 2.33. The van der Waals surface area contributed by atoms with Gasteiger partial charge in [-0.2, -0.15) is 5.10 Å². The molecule has 1 N–H and O–H groups in total. The van der Waals surface area contributed by atoms with Crippen LogP contribution in [0, 0.1) is 0 Å². The number of aromatic hydroxyl groups is 1. The number of benzene rings is 2. The van der Waals surface area contributed by atoms with E-state index >= 15 is 0 Å². The molecule has 160 valence electrons. The average Bonchev–Trinajstić information content (AvgIpc) is 3.41. The first-order valence-corrected chi connectivity index (χ1v) is 11.3. The molecular formula is C24H18BrN3O3S. The Labute approximate surface area is 197 Å². The van der Waals surface area contributed by atoms with Gasteiger partial charge in [-0.1, -0.05) is 58.4 Å². The number of nitrogens with zero attached hydrogens (tertiary/aromatic N) is 3. The maximum absolute atomic E-state index is 13.0. The number of hydrogen-bond acceptors (Lipinski definition) is 6. The lowest BCUT2D eigenvalue weighted by atomic mass is 10.2. The second-order valence-corrected chi connectivity index (χ2v) is 8.63. The number of phenols is 1. The van der Waals surface area contributed by atoms with Gasteiger partial charge in [0.05, 0.1) is 23.9 Å². The zero-order valence-electron chi connectivity index (χ0n) is 16.8. The van der Waals surface area contributed by atoms with Crippen LogP contribution < -0.4 is 0 Å². The molecular weight excluding hydrogens is 490 g/mol. The van der Waals surface area contributed by atoms with E-state index in [1.807, 2.05) is 42.5 Å². The van der Waals surface area contributed by atoms with Crippen LogP contribution >= 0.6 is 27.7 Å². The molecule has 1 saturated heterocycles. The Bertz CT molecular complexity index is 1220. The third-order valence-corrected chi connectivity index (χ3v) is 5.96. The summed E-state index contributed by atoms with van der Waals surface area (Å²) in [5, 5.41) is 18.7. The zero-order chi connectivity index (χ0) is 22.3. The smallest absolute Gasteiger partial charge is 0.267 e. The molecule has 1 aliphatic rings. The predicted molar refractivity (Wildman–Crippen MR) is 131 cm³/mol. The molecule has 2 heterocycles. The van der Waals surface area contributed by atoms with Crippen LogP contribution in [0.1, 0.15) is 16.9 Å². The third-order valence-electron chi connectivity index (χ3n) is 4.45. The highest BCUT2D eigenvalue weighted by atomic mass is 79.9. The molecule has 4 rings (SSSR count). The number of hydrogen-bond donors (Lipinski definition) is 1. The maximum Gasteiger partial charge on any atom is 0.267 e. The minimum Gasteiger partial charge on any atom is -0.507 e. The number of amides is 1. The summed E-state index contributed by atoms with van der Waals surface area (Å²) in [4.78, 5) is 15.0. The molecule has 1 aromatic heterocycles. The van der Waals surface area contributed by atoms with Crippen molar-refractivity contribution in [2.75, 3.05) is 0 Å². The van der Waals surface area contributed by atoms with E-state index in [4.69, 9.17) is 4.42 Å². The van der Waals surface area contributed by atoms with Crippen molar-refractivity contribution in [3.05, 3.63) is 105 Å². The van der Waals surface area contributed by atoms with Crippen LogP contribution in [0.25, 0.3) is 6.08 Å². The number of phenolic OH excluding ortho intramolecular Hbond substituents is 1. The van der Waals surface area contributed by atoms with Gasteiger partial charge in [0.1, 0.15) is 11.5 Å². The van der Waals surface area contributed by atoms with Crippen LogP contribution in [0.3, 0.4) is 0 Å². The van der Waals surface area contributed by atoms with Gasteiger partial charge in [-0.3, -0.25) is 9.69 Å². The Morgan fingerprint density at radius 3 is 2.75 bits per heavy atom. The number of carbonyl (C=O) groups is 1. The van der Waals surface area contributed by atoms with Crippen molar-refractivity contribution in [2.24, 2.45) is 10.2 Å². The molecule has 1 amide bonds. The molecule has 6 nitrogen and oxygen atoms in total. The normalized spacial score (nSPS) is 16.9. The Morgan fingerprint density at radius 1 is 1.12 bits per heavy atom. The van der Waals surface area contributed by atoms with Crippen molar-refractivity contribution in [1.82, 2.24) is 4.90 Å². The minimum absolute atomic E-state index is 0.0892. The Balaban J connectivity index is 1.58. The van der Waals surface area contributed by atoms with Gasteiger partial charge in [0.15, 0.2) is 5.17 Å². The summed E-state index contributed by atoms with van der Waals surface area (Å²) in [6, 6.07) is 18.4. The van der Waals surface area contributed by atoms with E-state index in [-0.39, 0.29) is 18.2 Å². The minimum atomic E-state index is -0.177. The number of carbonyl (C=O) groups excluding carboxylic acids is 1. The van der Waals surface area contributed by atoms with E-state index < -0.39 is 0 Å². The molecule has 0 bridgehead atoms. The van der Waals surface area contributed by atoms with Crippen molar-refractivity contribution >= 4 is 51.1 Å². The summed E-state index contributed by atoms with van der Waals surface area (Å²) in [6.07, 6.45) is 8.54. The molecule has 0 atom stereocenters. The van der Waals surface area contributed by atoms with E-state index in [9.17, 15) is 9.90 Å². The second-order valence-electron chi connectivity index (χ2n) is 6.70. The maximum atomic E-state index is 13.0. The van der Waals surface area contributed by atoms with Crippen LogP contribution in [-0.2, 0) is 11.3 Å². The fourth-order valence-electron chi connectivity index (χ4n) is 2.87. The van der Waals surface area contributed by atoms with Crippen molar-refractivity contribution in [1.29, 1.82) is 0 Å². The van der Waals surface area contributed by atoms with Crippen molar-refractivity contribution in [3.63, 3.8) is 0 Å². The summed E-state index contributed by atoms with van der Waals surface area (Å²) >= 11 is 4.60. The Hall–Kier alpha value is -3.36. The number of allylic oxidation sites excluding steroid dienone is 2. The summed E-state index contributed by atoms with van der Waals surface area (Å²) in [7, 11) is 0. The number of furan rings is 1. The van der Waals surface area contributed by atoms with Crippen molar-refractivity contribution < 1.29 is 14.3 Å². The monoisotopic (exact) mass is 507 g/mol. The standard InChI is InChI=1S/C24H18BrN3O3S/c25-19-11-12-21(29)18(14-19)15-26-27-24-28(16-20-9-5-13-31-20)23(30)22(32-24)10-4-8-17-6-2-1-3-7-17/h1-15,29H,16H2/b8-4+,22-10-,26-15+,27-24-. The lowest BCUT2D eigenvalue weighted by molar-refractivity contribution is -0.122. The van der Waals surface area contributed by atoms with Crippen molar-refractivity contribution in [2.45, 2.75) is 6.54 Å². The third kappa shape index (κ3) is 5.46. The van der Waals surface area contributed by atoms with Crippen LogP contribution in [-0.4, -0.2) is 27.3 Å². The van der Waals surface area contributed by atoms with Crippen LogP contribution in [0.5, 0.6) is 5.75 Å². The lowest BCUT2D eigenvalue weighted by Crippen LogP contribution is -2.28. The highest BCUT2D eigenvalue weighted by molar-refractivity contribution is 9.10. The molecule has 2 aromatic carbocycles. The van der Waals surface area contributed by atoms with Gasteiger partial charge in [0.2, 0.25) is 0 Å². The molecule has 32 heavy (non-hydrogen) atoms. The summed E-state index contributed by atoms with van der Waals surface area (Å²) < 4.78 is 6.21. The van der Waals surface area contributed by atoms with Gasteiger partial charge in [-0.05, 0) is 53.7 Å². The van der Waals surface area contributed by atoms with Gasteiger partial charge in [-0.15, -0.1) is 5.10 Å². The fourth-order valence-corrected chi connectivity index (χ4v) is 4.14. The highest BCUT2D eigenvalue weighted by Crippen LogP contribution is 2.32. The largest absolute Gasteiger partial charge is 0.507 e. The molecule has 0 saturated carbocycles. The zero-order valence-corrected chi connectivity index (χ0v) is 19.2. The van der Waals surface area contributed by atoms with E-state index in [1.165, 1.54) is 22.9 Å². The lowest BCUT2D eigenvalue weighted by Gasteiger charge is -2.12. The SMILES string of the molecule is O=C1/C(=C/C=C/c2ccccc2)S/C(=N\N=C\c2cc(Br)ccc2O)N1Cc1ccco1. The quantitative estimate of drug-likeness (QED) is 0.259. The summed E-state index contributed by atoms with van der Waals surface area (Å²) in [5.74, 6) is 0.552. The predicted octanol–water partition coefficient (Wildman–Crippen LogP) is 5.81. The number of amidine groups is 1. The van der Waals surface area contributed by atoms with Gasteiger partial charge in [0, 0.05) is 10.0 Å². The average molecular weight is 508 g/mol. The molecule has 1 aliphatic heterocycles. The van der Waals surface area contributed by atoms with Gasteiger partial charge >= 0.3 is 0 Å². The Kier molecular flexibility index (Phi) is 7.03. The summed E-state index contributed by atoms with van der Waals surface area (Å²) in [6.45, 7) is 0.245. The van der Waals surface area contributed by atoms with Crippen LogP contribution in [0.4, 0.5) is 0 Å². The second kappa shape index (κ2) is 10.3. The molecule has 0 spiro atoms.